The monoisotopic (exact) mass is 388 g/mol. The molecule has 0 saturated carbocycles. The first-order chi connectivity index (χ1) is 13.6. The molecule has 0 unspecified atom stereocenters. The number of aryl methyl sites for hydroxylation is 2. The number of thioether (sulfide) groups is 1. The molecule has 1 amide bonds. The van der Waals surface area contributed by atoms with Gasteiger partial charge in [-0.05, 0) is 36.9 Å². The SMILES string of the molecule is Cc1ccccc1-n1c(C)nnc1SCC(=O)Nc1cccc2ccccc12. The van der Waals surface area contributed by atoms with E-state index >= 15 is 0 Å². The van der Waals surface area contributed by atoms with E-state index in [2.05, 4.69) is 28.5 Å². The molecule has 140 valence electrons. The summed E-state index contributed by atoms with van der Waals surface area (Å²) >= 11 is 1.38. The van der Waals surface area contributed by atoms with Gasteiger partial charge in [-0.2, -0.15) is 0 Å². The van der Waals surface area contributed by atoms with Crippen LogP contribution in [0.25, 0.3) is 16.5 Å². The number of amides is 1. The van der Waals surface area contributed by atoms with Crippen molar-refractivity contribution in [1.29, 1.82) is 0 Å². The van der Waals surface area contributed by atoms with Crippen LogP contribution in [0.5, 0.6) is 0 Å². The fraction of sp³-hybridized carbons (Fsp3) is 0.136. The molecule has 5 nitrogen and oxygen atoms in total. The number of carbonyl (C=O) groups excluding carboxylic acids is 1. The quantitative estimate of drug-likeness (QED) is 0.501. The zero-order valence-electron chi connectivity index (χ0n) is 15.7. The second-order valence-electron chi connectivity index (χ2n) is 6.52. The van der Waals surface area contributed by atoms with E-state index in [4.69, 9.17) is 0 Å². The largest absolute Gasteiger partial charge is 0.325 e. The molecule has 0 aliphatic rings. The van der Waals surface area contributed by atoms with E-state index < -0.39 is 0 Å². The van der Waals surface area contributed by atoms with Gasteiger partial charge in [0.05, 0.1) is 11.4 Å². The Balaban J connectivity index is 1.51. The first-order valence-corrected chi connectivity index (χ1v) is 10.0. The Kier molecular flexibility index (Phi) is 5.12. The van der Waals surface area contributed by atoms with E-state index in [9.17, 15) is 4.79 Å². The fourth-order valence-corrected chi connectivity index (χ4v) is 3.97. The number of rotatable bonds is 5. The average molecular weight is 388 g/mol. The zero-order chi connectivity index (χ0) is 19.5. The second kappa shape index (κ2) is 7.86. The summed E-state index contributed by atoms with van der Waals surface area (Å²) in [7, 11) is 0. The summed E-state index contributed by atoms with van der Waals surface area (Å²) < 4.78 is 1.99. The van der Waals surface area contributed by atoms with Crippen molar-refractivity contribution in [2.45, 2.75) is 19.0 Å². The lowest BCUT2D eigenvalue weighted by atomic mass is 10.1. The van der Waals surface area contributed by atoms with Crippen molar-refractivity contribution in [3.05, 3.63) is 78.1 Å². The molecule has 0 aliphatic heterocycles. The molecule has 1 heterocycles. The Morgan fingerprint density at radius 2 is 1.71 bits per heavy atom. The van der Waals surface area contributed by atoms with Crippen LogP contribution in [0.1, 0.15) is 11.4 Å². The van der Waals surface area contributed by atoms with Crippen molar-refractivity contribution in [3.8, 4) is 5.69 Å². The number of benzene rings is 3. The highest BCUT2D eigenvalue weighted by Crippen LogP contribution is 2.26. The maximum absolute atomic E-state index is 12.6. The van der Waals surface area contributed by atoms with Gasteiger partial charge in [0.15, 0.2) is 5.16 Å². The highest BCUT2D eigenvalue weighted by molar-refractivity contribution is 7.99. The van der Waals surface area contributed by atoms with Gasteiger partial charge < -0.3 is 5.32 Å². The summed E-state index contributed by atoms with van der Waals surface area (Å²) in [6.07, 6.45) is 0. The Morgan fingerprint density at radius 3 is 2.57 bits per heavy atom. The highest BCUT2D eigenvalue weighted by atomic mass is 32.2. The summed E-state index contributed by atoms with van der Waals surface area (Å²) in [5.74, 6) is 0.984. The lowest BCUT2D eigenvalue weighted by molar-refractivity contribution is -0.113. The Labute approximate surface area is 167 Å². The van der Waals surface area contributed by atoms with E-state index in [1.165, 1.54) is 11.8 Å². The summed E-state index contributed by atoms with van der Waals surface area (Å²) in [4.78, 5) is 12.6. The number of anilines is 1. The first kappa shape index (κ1) is 18.3. The van der Waals surface area contributed by atoms with Crippen molar-refractivity contribution < 1.29 is 4.79 Å². The lowest BCUT2D eigenvalue weighted by Crippen LogP contribution is -2.15. The summed E-state index contributed by atoms with van der Waals surface area (Å²) in [6, 6.07) is 22.0. The molecule has 6 heteroatoms. The van der Waals surface area contributed by atoms with Gasteiger partial charge in [0.1, 0.15) is 5.82 Å². The second-order valence-corrected chi connectivity index (χ2v) is 7.46. The third-order valence-electron chi connectivity index (χ3n) is 4.55. The van der Waals surface area contributed by atoms with E-state index in [-0.39, 0.29) is 11.7 Å². The maximum Gasteiger partial charge on any atom is 0.234 e. The number of aromatic nitrogens is 3. The summed E-state index contributed by atoms with van der Waals surface area (Å²) in [5.41, 5.74) is 2.98. The number of para-hydroxylation sites is 1. The molecule has 4 aromatic rings. The van der Waals surface area contributed by atoms with Crippen molar-refractivity contribution in [1.82, 2.24) is 14.8 Å². The molecule has 1 aromatic heterocycles. The van der Waals surface area contributed by atoms with E-state index in [0.29, 0.717) is 5.16 Å². The van der Waals surface area contributed by atoms with Gasteiger partial charge in [-0.15, -0.1) is 10.2 Å². The normalized spacial score (nSPS) is 10.9. The van der Waals surface area contributed by atoms with Crippen LogP contribution < -0.4 is 5.32 Å². The number of nitrogens with zero attached hydrogens (tertiary/aromatic N) is 3. The average Bonchev–Trinajstić information content (AvgIpc) is 3.07. The third-order valence-corrected chi connectivity index (χ3v) is 5.48. The maximum atomic E-state index is 12.6. The third kappa shape index (κ3) is 3.64. The van der Waals surface area contributed by atoms with Crippen molar-refractivity contribution in [2.75, 3.05) is 11.1 Å². The molecule has 0 saturated heterocycles. The Morgan fingerprint density at radius 1 is 0.964 bits per heavy atom. The predicted molar refractivity (Wildman–Crippen MR) is 114 cm³/mol. The molecule has 0 spiro atoms. The smallest absolute Gasteiger partial charge is 0.234 e. The van der Waals surface area contributed by atoms with Crippen LogP contribution in [0.3, 0.4) is 0 Å². The number of carbonyl (C=O) groups is 1. The van der Waals surface area contributed by atoms with Gasteiger partial charge in [0.25, 0.3) is 0 Å². The van der Waals surface area contributed by atoms with E-state index in [1.807, 2.05) is 72.2 Å². The number of hydrogen-bond acceptors (Lipinski definition) is 4. The molecule has 0 atom stereocenters. The topological polar surface area (TPSA) is 59.8 Å². The number of nitrogens with one attached hydrogen (secondary N) is 1. The highest BCUT2D eigenvalue weighted by Gasteiger charge is 2.15. The Hall–Kier alpha value is -3.12. The molecule has 1 N–H and O–H groups in total. The van der Waals surface area contributed by atoms with Crippen molar-refractivity contribution in [3.63, 3.8) is 0 Å². The fourth-order valence-electron chi connectivity index (χ4n) is 3.18. The number of fused-ring (bicyclic) bond motifs is 1. The summed E-state index contributed by atoms with van der Waals surface area (Å²) in [6.45, 7) is 3.97. The van der Waals surface area contributed by atoms with Gasteiger partial charge in [-0.1, -0.05) is 66.4 Å². The van der Waals surface area contributed by atoms with Crippen LogP contribution in [0.2, 0.25) is 0 Å². The van der Waals surface area contributed by atoms with Gasteiger partial charge in [-0.3, -0.25) is 9.36 Å². The summed E-state index contributed by atoms with van der Waals surface area (Å²) in [5, 5.41) is 14.3. The predicted octanol–water partition coefficient (Wildman–Crippen LogP) is 4.77. The van der Waals surface area contributed by atoms with Gasteiger partial charge in [0.2, 0.25) is 5.91 Å². The molecule has 0 bridgehead atoms. The molecule has 0 aliphatic carbocycles. The molecule has 0 radical (unpaired) electrons. The number of hydrogen-bond donors (Lipinski definition) is 1. The van der Waals surface area contributed by atoms with Crippen LogP contribution in [0.4, 0.5) is 5.69 Å². The first-order valence-electron chi connectivity index (χ1n) is 9.02. The minimum atomic E-state index is -0.0710. The standard InChI is InChI=1S/C22H20N4OS/c1-15-8-3-6-13-20(15)26-16(2)24-25-22(26)28-14-21(27)23-19-12-7-10-17-9-4-5-11-18(17)19/h3-13H,14H2,1-2H3,(H,23,27). The molecular weight excluding hydrogens is 368 g/mol. The van der Waals surface area contributed by atoms with Gasteiger partial charge in [0, 0.05) is 11.1 Å². The Bertz CT molecular complexity index is 1150. The molecule has 3 aromatic carbocycles. The lowest BCUT2D eigenvalue weighted by Gasteiger charge is -2.11. The van der Waals surface area contributed by atoms with Crippen LogP contribution in [-0.2, 0) is 4.79 Å². The van der Waals surface area contributed by atoms with Crippen LogP contribution in [-0.4, -0.2) is 26.4 Å². The van der Waals surface area contributed by atoms with Gasteiger partial charge in [-0.25, -0.2) is 0 Å². The van der Waals surface area contributed by atoms with Gasteiger partial charge >= 0.3 is 0 Å². The molecule has 0 fully saturated rings. The molecule has 4 rings (SSSR count). The van der Waals surface area contributed by atoms with Crippen molar-refractivity contribution in [2.24, 2.45) is 0 Å². The van der Waals surface area contributed by atoms with E-state index in [1.54, 1.807) is 0 Å². The van der Waals surface area contributed by atoms with Crippen LogP contribution in [0, 0.1) is 13.8 Å². The molecule has 28 heavy (non-hydrogen) atoms. The van der Waals surface area contributed by atoms with Crippen LogP contribution >= 0.6 is 11.8 Å². The minimum Gasteiger partial charge on any atom is -0.325 e. The zero-order valence-corrected chi connectivity index (χ0v) is 16.5. The molecular formula is C22H20N4OS. The van der Waals surface area contributed by atoms with Crippen LogP contribution in [0.15, 0.2) is 71.9 Å². The minimum absolute atomic E-state index is 0.0710. The van der Waals surface area contributed by atoms with E-state index in [0.717, 1.165) is 33.5 Å². The van der Waals surface area contributed by atoms with Crippen molar-refractivity contribution >= 4 is 34.1 Å².